The van der Waals surface area contributed by atoms with Gasteiger partial charge in [0.15, 0.2) is 11.5 Å². The van der Waals surface area contributed by atoms with Gasteiger partial charge in [0.05, 0.1) is 19.8 Å². The number of aromatic nitrogens is 1. The second-order valence-corrected chi connectivity index (χ2v) is 7.66. The molecule has 3 aromatic rings. The molecule has 0 saturated heterocycles. The van der Waals surface area contributed by atoms with Gasteiger partial charge >= 0.3 is 5.97 Å². The van der Waals surface area contributed by atoms with E-state index in [0.29, 0.717) is 42.4 Å². The molecule has 0 spiro atoms. The van der Waals surface area contributed by atoms with Crippen LogP contribution < -0.4 is 14.8 Å². The van der Waals surface area contributed by atoms with Crippen LogP contribution >= 0.6 is 0 Å². The Kier molecular flexibility index (Phi) is 7.53. The fourth-order valence-electron chi connectivity index (χ4n) is 3.94. The van der Waals surface area contributed by atoms with Gasteiger partial charge in [0.25, 0.3) is 0 Å². The molecule has 32 heavy (non-hydrogen) atoms. The number of carbonyl (C=O) groups is 1. The average molecular weight is 441 g/mol. The smallest absolute Gasteiger partial charge is 0.337 e. The second kappa shape index (κ2) is 10.3. The van der Waals surface area contributed by atoms with Crippen LogP contribution in [0.25, 0.3) is 0 Å². The SMILES string of the molecule is COc1ccc(CCNCc2c(C(=O)O)c(C)n(Cc3ccc(F)cc3)c2C)cc1OC. The van der Waals surface area contributed by atoms with E-state index in [1.165, 1.54) is 12.1 Å². The van der Waals surface area contributed by atoms with Crippen LogP contribution in [0.15, 0.2) is 42.5 Å². The Labute approximate surface area is 187 Å². The number of hydrogen-bond acceptors (Lipinski definition) is 4. The summed E-state index contributed by atoms with van der Waals surface area (Å²) in [6.45, 7) is 5.35. The number of methoxy groups -OCH3 is 2. The zero-order chi connectivity index (χ0) is 23.3. The van der Waals surface area contributed by atoms with Crippen molar-refractivity contribution in [1.29, 1.82) is 0 Å². The third-order valence-electron chi connectivity index (χ3n) is 5.72. The number of carboxylic acid groups (broad SMARTS) is 1. The Hall–Kier alpha value is -3.32. The van der Waals surface area contributed by atoms with Crippen molar-refractivity contribution in [1.82, 2.24) is 9.88 Å². The molecule has 2 aromatic carbocycles. The first-order valence-corrected chi connectivity index (χ1v) is 10.4. The van der Waals surface area contributed by atoms with Gasteiger partial charge in [-0.05, 0) is 62.2 Å². The van der Waals surface area contributed by atoms with Crippen molar-refractivity contribution in [2.75, 3.05) is 20.8 Å². The Balaban J connectivity index is 1.72. The number of benzene rings is 2. The lowest BCUT2D eigenvalue weighted by molar-refractivity contribution is 0.0694. The molecule has 0 fully saturated rings. The fraction of sp³-hybridized carbons (Fsp3) is 0.320. The Bertz CT molecular complexity index is 1090. The average Bonchev–Trinajstić information content (AvgIpc) is 3.02. The summed E-state index contributed by atoms with van der Waals surface area (Å²) in [5.74, 6) is 0.131. The van der Waals surface area contributed by atoms with E-state index in [9.17, 15) is 14.3 Å². The molecule has 1 heterocycles. The molecule has 0 bridgehead atoms. The third-order valence-corrected chi connectivity index (χ3v) is 5.72. The summed E-state index contributed by atoms with van der Waals surface area (Å²) >= 11 is 0. The van der Waals surface area contributed by atoms with E-state index in [1.807, 2.05) is 36.6 Å². The highest BCUT2D eigenvalue weighted by atomic mass is 19.1. The van der Waals surface area contributed by atoms with E-state index in [4.69, 9.17) is 9.47 Å². The van der Waals surface area contributed by atoms with E-state index in [1.54, 1.807) is 26.4 Å². The minimum absolute atomic E-state index is 0.291. The molecule has 0 atom stereocenters. The monoisotopic (exact) mass is 440 g/mol. The molecule has 0 aliphatic carbocycles. The maximum absolute atomic E-state index is 13.2. The molecule has 2 N–H and O–H groups in total. The van der Waals surface area contributed by atoms with Gasteiger partial charge in [-0.15, -0.1) is 0 Å². The molecule has 7 heteroatoms. The highest BCUT2D eigenvalue weighted by molar-refractivity contribution is 5.91. The van der Waals surface area contributed by atoms with Crippen LogP contribution in [-0.2, 0) is 19.5 Å². The van der Waals surface area contributed by atoms with Crippen molar-refractivity contribution in [2.45, 2.75) is 33.4 Å². The minimum atomic E-state index is -0.944. The minimum Gasteiger partial charge on any atom is -0.493 e. The quantitative estimate of drug-likeness (QED) is 0.459. The molecule has 1 aromatic heterocycles. The zero-order valence-electron chi connectivity index (χ0n) is 18.9. The van der Waals surface area contributed by atoms with Crippen LogP contribution in [0, 0.1) is 19.7 Å². The van der Waals surface area contributed by atoms with Gasteiger partial charge in [-0.1, -0.05) is 18.2 Å². The summed E-state index contributed by atoms with van der Waals surface area (Å²) in [6, 6.07) is 12.1. The van der Waals surface area contributed by atoms with Gasteiger partial charge in [0.2, 0.25) is 0 Å². The van der Waals surface area contributed by atoms with Gasteiger partial charge < -0.3 is 24.5 Å². The largest absolute Gasteiger partial charge is 0.493 e. The van der Waals surface area contributed by atoms with Gasteiger partial charge in [-0.2, -0.15) is 0 Å². The normalized spacial score (nSPS) is 10.9. The molecule has 170 valence electrons. The van der Waals surface area contributed by atoms with E-state index < -0.39 is 5.97 Å². The van der Waals surface area contributed by atoms with Gasteiger partial charge in [-0.3, -0.25) is 0 Å². The summed E-state index contributed by atoms with van der Waals surface area (Å²) < 4.78 is 25.8. The first-order valence-electron chi connectivity index (χ1n) is 10.4. The van der Waals surface area contributed by atoms with Crippen LogP contribution in [0.1, 0.15) is 38.4 Å². The second-order valence-electron chi connectivity index (χ2n) is 7.66. The van der Waals surface area contributed by atoms with Crippen molar-refractivity contribution in [3.8, 4) is 11.5 Å². The van der Waals surface area contributed by atoms with Crippen LogP contribution in [0.2, 0.25) is 0 Å². The van der Waals surface area contributed by atoms with Crippen LogP contribution in [-0.4, -0.2) is 36.4 Å². The lowest BCUT2D eigenvalue weighted by atomic mass is 10.1. The summed E-state index contributed by atoms with van der Waals surface area (Å²) in [5.41, 5.74) is 4.68. The van der Waals surface area contributed by atoms with Crippen molar-refractivity contribution in [2.24, 2.45) is 0 Å². The Morgan fingerprint density at radius 2 is 1.66 bits per heavy atom. The van der Waals surface area contributed by atoms with Crippen LogP contribution in [0.3, 0.4) is 0 Å². The number of nitrogens with zero attached hydrogens (tertiary/aromatic N) is 1. The van der Waals surface area contributed by atoms with Crippen molar-refractivity contribution in [3.05, 3.63) is 81.9 Å². The summed E-state index contributed by atoms with van der Waals surface area (Å²) in [6.07, 6.45) is 0.761. The highest BCUT2D eigenvalue weighted by Gasteiger charge is 2.22. The molecular formula is C25H29FN2O4. The molecule has 3 rings (SSSR count). The number of hydrogen-bond donors (Lipinski definition) is 2. The molecule has 0 saturated carbocycles. The van der Waals surface area contributed by atoms with Gasteiger partial charge in [-0.25, -0.2) is 9.18 Å². The van der Waals surface area contributed by atoms with Crippen molar-refractivity contribution in [3.63, 3.8) is 0 Å². The maximum atomic E-state index is 13.2. The number of halogens is 1. The van der Waals surface area contributed by atoms with Crippen LogP contribution in [0.5, 0.6) is 11.5 Å². The highest BCUT2D eigenvalue weighted by Crippen LogP contribution is 2.28. The predicted octanol–water partition coefficient (Wildman–Crippen LogP) is 4.34. The maximum Gasteiger partial charge on any atom is 0.337 e. The van der Waals surface area contributed by atoms with E-state index in [-0.39, 0.29) is 5.82 Å². The number of rotatable bonds is 10. The van der Waals surface area contributed by atoms with Crippen molar-refractivity contribution >= 4 is 5.97 Å². The summed E-state index contributed by atoms with van der Waals surface area (Å²) in [7, 11) is 3.21. The van der Waals surface area contributed by atoms with Gasteiger partial charge in [0.1, 0.15) is 5.82 Å². The first-order chi connectivity index (χ1) is 15.3. The molecule has 0 amide bonds. The Morgan fingerprint density at radius 1 is 1.00 bits per heavy atom. The predicted molar refractivity (Wildman–Crippen MR) is 121 cm³/mol. The molecule has 6 nitrogen and oxygen atoms in total. The fourth-order valence-corrected chi connectivity index (χ4v) is 3.94. The lowest BCUT2D eigenvalue weighted by Crippen LogP contribution is -2.18. The molecule has 0 unspecified atom stereocenters. The molecule has 0 aliphatic rings. The number of ether oxygens (including phenoxy) is 2. The summed E-state index contributed by atoms with van der Waals surface area (Å²) in [5, 5.41) is 13.2. The molecular weight excluding hydrogens is 411 g/mol. The standard InChI is InChI=1S/C25H29FN2O4/c1-16-21(14-27-12-11-18-7-10-22(31-3)23(13-18)32-4)24(25(29)30)17(2)28(16)15-19-5-8-20(26)9-6-19/h5-10,13,27H,11-12,14-15H2,1-4H3,(H,29,30). The zero-order valence-corrected chi connectivity index (χ0v) is 18.9. The number of carboxylic acids is 1. The molecule has 0 aliphatic heterocycles. The van der Waals surface area contributed by atoms with Crippen LogP contribution in [0.4, 0.5) is 4.39 Å². The Morgan fingerprint density at radius 3 is 2.28 bits per heavy atom. The third kappa shape index (κ3) is 5.11. The summed E-state index contributed by atoms with van der Waals surface area (Å²) in [4.78, 5) is 12.0. The van der Waals surface area contributed by atoms with Crippen molar-refractivity contribution < 1.29 is 23.8 Å². The lowest BCUT2D eigenvalue weighted by Gasteiger charge is -2.11. The van der Waals surface area contributed by atoms with E-state index in [0.717, 1.165) is 28.8 Å². The van der Waals surface area contributed by atoms with Gasteiger partial charge in [0, 0.05) is 30.0 Å². The number of aromatic carboxylic acids is 1. The topological polar surface area (TPSA) is 72.7 Å². The first kappa shape index (κ1) is 23.3. The number of nitrogens with one attached hydrogen (secondary N) is 1. The van der Waals surface area contributed by atoms with E-state index >= 15 is 0 Å². The van der Waals surface area contributed by atoms with E-state index in [2.05, 4.69) is 5.32 Å². The molecule has 0 radical (unpaired) electrons.